The summed E-state index contributed by atoms with van der Waals surface area (Å²) in [7, 11) is 1.36. The van der Waals surface area contributed by atoms with Gasteiger partial charge in [0.25, 0.3) is 5.82 Å². The van der Waals surface area contributed by atoms with Crippen molar-refractivity contribution in [3.63, 3.8) is 0 Å². The fourth-order valence-corrected chi connectivity index (χ4v) is 3.42. The molecule has 31 heavy (non-hydrogen) atoms. The smallest absolute Gasteiger partial charge is 0.383 e. The van der Waals surface area contributed by atoms with E-state index in [1.165, 1.54) is 59.5 Å². The number of halogens is 1. The van der Waals surface area contributed by atoms with Gasteiger partial charge in [0.15, 0.2) is 5.82 Å². The lowest BCUT2D eigenvalue weighted by Crippen LogP contribution is -2.12. The summed E-state index contributed by atoms with van der Waals surface area (Å²) in [5.74, 6) is -1.40. The van der Waals surface area contributed by atoms with E-state index in [1.807, 2.05) is 11.4 Å². The van der Waals surface area contributed by atoms with Crippen molar-refractivity contribution < 1.29 is 23.6 Å². The van der Waals surface area contributed by atoms with Crippen LogP contribution in [0.5, 0.6) is 11.5 Å². The molecule has 0 radical (unpaired) electrons. The van der Waals surface area contributed by atoms with E-state index in [0.29, 0.717) is 16.4 Å². The van der Waals surface area contributed by atoms with E-state index >= 15 is 0 Å². The largest absolute Gasteiger partial charge is 0.496 e. The molecule has 4 aromatic rings. The van der Waals surface area contributed by atoms with Gasteiger partial charge in [-0.1, -0.05) is 6.07 Å². The summed E-state index contributed by atoms with van der Waals surface area (Å²) >= 11 is 1.37. The molecule has 0 amide bonds. The minimum atomic E-state index is -0.980. The van der Waals surface area contributed by atoms with Crippen LogP contribution >= 0.6 is 11.3 Å². The highest BCUT2D eigenvalue weighted by atomic mass is 32.1. The van der Waals surface area contributed by atoms with Gasteiger partial charge < -0.3 is 9.47 Å². The van der Waals surface area contributed by atoms with Gasteiger partial charge in [-0.05, 0) is 47.8 Å². The van der Waals surface area contributed by atoms with Crippen molar-refractivity contribution >= 4 is 23.0 Å². The van der Waals surface area contributed by atoms with Gasteiger partial charge in [-0.25, -0.2) is 13.9 Å². The molecule has 0 N–H and O–H groups in total. The maximum absolute atomic E-state index is 13.3. The minimum absolute atomic E-state index is 0.241. The molecule has 0 unspecified atom stereocenters. The summed E-state index contributed by atoms with van der Waals surface area (Å²) in [6.07, 6.45) is 0. The number of esters is 1. The number of aromatic nitrogens is 3. The minimum Gasteiger partial charge on any atom is -0.496 e. The summed E-state index contributed by atoms with van der Waals surface area (Å²) in [4.78, 5) is 28.3. The molecular weight excluding hydrogens is 427 g/mol. The fraction of sp³-hybridized carbons (Fsp3) is 0.0500. The monoisotopic (exact) mass is 440 g/mol. The second kappa shape index (κ2) is 8.32. The Morgan fingerprint density at radius 2 is 1.97 bits per heavy atom. The number of methoxy groups -OCH3 is 1. The zero-order valence-electron chi connectivity index (χ0n) is 15.9. The molecule has 0 saturated heterocycles. The highest BCUT2D eigenvalue weighted by molar-refractivity contribution is 7.13. The summed E-state index contributed by atoms with van der Waals surface area (Å²) in [6, 6.07) is 12.9. The molecule has 9 nitrogen and oxygen atoms in total. The molecule has 0 saturated carbocycles. The van der Waals surface area contributed by atoms with Crippen LogP contribution < -0.4 is 9.47 Å². The Kier molecular flexibility index (Phi) is 5.41. The van der Waals surface area contributed by atoms with Crippen molar-refractivity contribution in [3.05, 3.63) is 81.7 Å². The Bertz CT molecular complexity index is 1260. The zero-order chi connectivity index (χ0) is 22.0. The molecule has 0 aliphatic carbocycles. The second-order valence-corrected chi connectivity index (χ2v) is 7.05. The van der Waals surface area contributed by atoms with Crippen molar-refractivity contribution in [1.29, 1.82) is 0 Å². The summed E-state index contributed by atoms with van der Waals surface area (Å²) < 4.78 is 24.9. The number of hydrogen-bond acceptors (Lipinski definition) is 8. The Hall–Kier alpha value is -4.12. The Morgan fingerprint density at radius 3 is 2.61 bits per heavy atom. The van der Waals surface area contributed by atoms with Gasteiger partial charge in [0.05, 0.1) is 28.7 Å². The van der Waals surface area contributed by atoms with E-state index in [-0.39, 0.29) is 17.3 Å². The van der Waals surface area contributed by atoms with Crippen LogP contribution in [0.25, 0.3) is 16.4 Å². The number of nitro benzene ring substituents is 1. The third kappa shape index (κ3) is 4.12. The molecular formula is C20H13FN4O5S. The number of nitrogens with zero attached hydrogens (tertiary/aromatic N) is 4. The Labute approximate surface area is 178 Å². The van der Waals surface area contributed by atoms with E-state index in [2.05, 4.69) is 10.1 Å². The number of hydrogen-bond donors (Lipinski definition) is 0. The van der Waals surface area contributed by atoms with Crippen LogP contribution in [-0.2, 0) is 0 Å². The van der Waals surface area contributed by atoms with Gasteiger partial charge in [0, 0.05) is 0 Å². The second-order valence-electron chi connectivity index (χ2n) is 6.10. The molecule has 0 spiro atoms. The SMILES string of the molecule is COc1ccc(OC(=O)c2nc(-c3cccs3)n(-c3ccc(F)cc3)n2)c([N+](=O)[O-])c1. The third-order valence-corrected chi connectivity index (χ3v) is 5.03. The maximum atomic E-state index is 13.3. The quantitative estimate of drug-likeness (QED) is 0.191. The normalized spacial score (nSPS) is 10.6. The lowest BCUT2D eigenvalue weighted by molar-refractivity contribution is -0.385. The number of carbonyl (C=O) groups excluding carboxylic acids is 1. The molecule has 2 aromatic carbocycles. The predicted octanol–water partition coefficient (Wildman–Crippen LogP) is 4.27. The van der Waals surface area contributed by atoms with Crippen molar-refractivity contribution in [3.8, 4) is 27.9 Å². The average molecular weight is 440 g/mol. The van der Waals surface area contributed by atoms with Gasteiger partial charge >= 0.3 is 11.7 Å². The lowest BCUT2D eigenvalue weighted by Gasteiger charge is -2.05. The van der Waals surface area contributed by atoms with Crippen LogP contribution in [0.2, 0.25) is 0 Å². The number of nitro groups is 1. The maximum Gasteiger partial charge on any atom is 0.383 e. The Balaban J connectivity index is 1.72. The van der Waals surface area contributed by atoms with Crippen LogP contribution in [-0.4, -0.2) is 32.8 Å². The lowest BCUT2D eigenvalue weighted by atomic mass is 10.3. The molecule has 156 valence electrons. The molecule has 0 bridgehead atoms. The van der Waals surface area contributed by atoms with Crippen LogP contribution in [0.4, 0.5) is 10.1 Å². The van der Waals surface area contributed by atoms with Crippen molar-refractivity contribution in [1.82, 2.24) is 14.8 Å². The van der Waals surface area contributed by atoms with Crippen molar-refractivity contribution in [2.45, 2.75) is 0 Å². The van der Waals surface area contributed by atoms with Crippen molar-refractivity contribution in [2.75, 3.05) is 7.11 Å². The fourth-order valence-electron chi connectivity index (χ4n) is 2.72. The number of rotatable bonds is 6. The third-order valence-electron chi connectivity index (χ3n) is 4.17. The van der Waals surface area contributed by atoms with Gasteiger partial charge in [-0.2, -0.15) is 4.98 Å². The molecule has 0 fully saturated rings. The molecule has 2 aromatic heterocycles. The number of thiophene rings is 1. The van der Waals surface area contributed by atoms with Gasteiger partial charge in [0.2, 0.25) is 5.75 Å². The van der Waals surface area contributed by atoms with E-state index in [0.717, 1.165) is 6.07 Å². The first-order valence-electron chi connectivity index (χ1n) is 8.78. The first kappa shape index (κ1) is 20.2. The van der Waals surface area contributed by atoms with Crippen LogP contribution in [0.1, 0.15) is 10.6 Å². The first-order chi connectivity index (χ1) is 15.0. The van der Waals surface area contributed by atoms with E-state index in [9.17, 15) is 19.3 Å². The molecule has 0 atom stereocenters. The number of benzene rings is 2. The zero-order valence-corrected chi connectivity index (χ0v) is 16.7. The van der Waals surface area contributed by atoms with Gasteiger partial charge in [0.1, 0.15) is 11.6 Å². The van der Waals surface area contributed by atoms with Gasteiger partial charge in [-0.15, -0.1) is 16.4 Å². The molecule has 11 heteroatoms. The van der Waals surface area contributed by atoms with Crippen LogP contribution in [0, 0.1) is 15.9 Å². The average Bonchev–Trinajstić information content (AvgIpc) is 3.44. The standard InChI is InChI=1S/C20H13FN4O5S/c1-29-14-8-9-16(15(11-14)25(27)28)30-20(26)18-22-19(17-3-2-10-31-17)24(23-18)13-6-4-12(21)5-7-13/h2-11H,1H3. The van der Waals surface area contributed by atoms with Crippen molar-refractivity contribution in [2.24, 2.45) is 0 Å². The van der Waals surface area contributed by atoms with Gasteiger partial charge in [-0.3, -0.25) is 10.1 Å². The molecule has 0 aliphatic heterocycles. The summed E-state index contributed by atoms with van der Waals surface area (Å²) in [5.41, 5.74) is 0.0379. The molecule has 0 aliphatic rings. The van der Waals surface area contributed by atoms with E-state index in [4.69, 9.17) is 9.47 Å². The highest BCUT2D eigenvalue weighted by Gasteiger charge is 2.25. The predicted molar refractivity (Wildman–Crippen MR) is 109 cm³/mol. The summed E-state index contributed by atoms with van der Waals surface area (Å²) in [5, 5.41) is 17.4. The number of carbonyl (C=O) groups is 1. The highest BCUT2D eigenvalue weighted by Crippen LogP contribution is 2.32. The van der Waals surface area contributed by atoms with Crippen LogP contribution in [0.3, 0.4) is 0 Å². The van der Waals surface area contributed by atoms with E-state index in [1.54, 1.807) is 6.07 Å². The first-order valence-corrected chi connectivity index (χ1v) is 9.65. The molecule has 2 heterocycles. The number of ether oxygens (including phenoxy) is 2. The van der Waals surface area contributed by atoms with E-state index < -0.39 is 22.4 Å². The Morgan fingerprint density at radius 1 is 1.19 bits per heavy atom. The van der Waals surface area contributed by atoms with Crippen LogP contribution in [0.15, 0.2) is 60.0 Å². The summed E-state index contributed by atoms with van der Waals surface area (Å²) in [6.45, 7) is 0. The molecule has 4 rings (SSSR count). The topological polar surface area (TPSA) is 109 Å².